The van der Waals surface area contributed by atoms with Crippen LogP contribution >= 0.6 is 11.5 Å². The van der Waals surface area contributed by atoms with Gasteiger partial charge in [-0.05, 0) is 18.5 Å². The second kappa shape index (κ2) is 4.42. The number of rotatable bonds is 2. The molecule has 2 saturated heterocycles. The highest BCUT2D eigenvalue weighted by molar-refractivity contribution is 7.91. The standard InChI is InChI=1S/C12H13N3O4S2/c1-7-9(2-13)10(20-14-7)15-3-8-4-21(18,19)6-12(8,5-15)11(16)17/h8H,3-6H2,1H3,(H,16,17)/t8-,12-/m1/s1. The van der Waals surface area contributed by atoms with E-state index in [0.717, 1.165) is 11.5 Å². The van der Waals surface area contributed by atoms with Crippen LogP contribution in [0, 0.1) is 29.6 Å². The average molecular weight is 327 g/mol. The molecular formula is C12H13N3O4S2. The highest BCUT2D eigenvalue weighted by Crippen LogP contribution is 2.46. The molecule has 0 spiro atoms. The Morgan fingerprint density at radius 1 is 1.62 bits per heavy atom. The summed E-state index contributed by atoms with van der Waals surface area (Å²) in [7, 11) is -3.31. The Labute approximate surface area is 125 Å². The van der Waals surface area contributed by atoms with E-state index >= 15 is 0 Å². The van der Waals surface area contributed by atoms with E-state index in [1.807, 2.05) is 0 Å². The third kappa shape index (κ3) is 2.01. The number of hydrogen-bond donors (Lipinski definition) is 1. The van der Waals surface area contributed by atoms with Crippen LogP contribution in [-0.2, 0) is 14.6 Å². The van der Waals surface area contributed by atoms with Gasteiger partial charge in [0.05, 0.1) is 17.2 Å². The number of carbonyl (C=O) groups is 1. The van der Waals surface area contributed by atoms with Crippen molar-refractivity contribution in [2.24, 2.45) is 11.3 Å². The van der Waals surface area contributed by atoms with E-state index in [4.69, 9.17) is 0 Å². The quantitative estimate of drug-likeness (QED) is 0.829. The molecule has 7 nitrogen and oxygen atoms in total. The summed E-state index contributed by atoms with van der Waals surface area (Å²) in [6.45, 7) is 2.18. The topological polar surface area (TPSA) is 111 Å². The molecule has 0 aliphatic carbocycles. The number of aryl methyl sites for hydroxylation is 1. The Kier molecular flexibility index (Phi) is 3.00. The third-order valence-electron chi connectivity index (χ3n) is 4.30. The van der Waals surface area contributed by atoms with Crippen molar-refractivity contribution in [1.82, 2.24) is 4.37 Å². The van der Waals surface area contributed by atoms with Crippen LogP contribution in [0.15, 0.2) is 0 Å². The monoisotopic (exact) mass is 327 g/mol. The van der Waals surface area contributed by atoms with Gasteiger partial charge in [0.2, 0.25) is 0 Å². The molecule has 0 saturated carbocycles. The van der Waals surface area contributed by atoms with Gasteiger partial charge in [0.1, 0.15) is 22.0 Å². The van der Waals surface area contributed by atoms with Gasteiger partial charge in [-0.15, -0.1) is 0 Å². The normalized spacial score (nSPS) is 30.1. The first kappa shape index (κ1) is 14.3. The molecule has 9 heteroatoms. The Hall–Kier alpha value is -1.66. The van der Waals surface area contributed by atoms with Crippen LogP contribution in [0.3, 0.4) is 0 Å². The summed E-state index contributed by atoms with van der Waals surface area (Å²) in [6, 6.07) is 2.09. The number of nitrogens with zero attached hydrogens (tertiary/aromatic N) is 3. The summed E-state index contributed by atoms with van der Waals surface area (Å²) in [4.78, 5) is 13.5. The molecule has 2 fully saturated rings. The van der Waals surface area contributed by atoms with Gasteiger partial charge in [0.15, 0.2) is 9.84 Å². The largest absolute Gasteiger partial charge is 0.481 e. The van der Waals surface area contributed by atoms with Crippen molar-refractivity contribution in [2.75, 3.05) is 29.5 Å². The highest BCUT2D eigenvalue weighted by Gasteiger charge is 2.60. The summed E-state index contributed by atoms with van der Waals surface area (Å²) in [6.07, 6.45) is 0. The Balaban J connectivity index is 1.99. The number of aromatic nitrogens is 1. The molecule has 0 aromatic carbocycles. The third-order valence-corrected chi connectivity index (χ3v) is 7.16. The van der Waals surface area contributed by atoms with E-state index in [2.05, 4.69) is 10.4 Å². The van der Waals surface area contributed by atoms with E-state index < -0.39 is 27.1 Å². The van der Waals surface area contributed by atoms with Crippen LogP contribution in [0.4, 0.5) is 5.00 Å². The molecule has 0 amide bonds. The van der Waals surface area contributed by atoms with E-state index in [-0.39, 0.29) is 18.1 Å². The SMILES string of the molecule is Cc1nsc(N2C[C@@H]3CS(=O)(=O)C[C@]3(C(=O)O)C2)c1C#N. The van der Waals surface area contributed by atoms with Crippen molar-refractivity contribution in [1.29, 1.82) is 5.26 Å². The molecule has 1 N–H and O–H groups in total. The lowest BCUT2D eigenvalue weighted by atomic mass is 9.81. The van der Waals surface area contributed by atoms with E-state index in [1.54, 1.807) is 11.8 Å². The van der Waals surface area contributed by atoms with Crippen molar-refractivity contribution in [3.05, 3.63) is 11.3 Å². The Bertz CT molecular complexity index is 764. The minimum atomic E-state index is -3.31. The minimum absolute atomic E-state index is 0.102. The van der Waals surface area contributed by atoms with Crippen LogP contribution in [-0.4, -0.2) is 48.5 Å². The van der Waals surface area contributed by atoms with Crippen LogP contribution < -0.4 is 4.90 Å². The predicted molar refractivity (Wildman–Crippen MR) is 76.0 cm³/mol. The predicted octanol–water partition coefficient (Wildman–Crippen LogP) is 0.259. The van der Waals surface area contributed by atoms with Gasteiger partial charge in [-0.25, -0.2) is 8.42 Å². The van der Waals surface area contributed by atoms with Crippen LogP contribution in [0.25, 0.3) is 0 Å². The lowest BCUT2D eigenvalue weighted by molar-refractivity contribution is -0.147. The molecule has 2 aliphatic rings. The average Bonchev–Trinajstić information content (AvgIpc) is 2.96. The zero-order valence-corrected chi connectivity index (χ0v) is 12.9. The molecule has 0 unspecified atom stereocenters. The summed E-state index contributed by atoms with van der Waals surface area (Å²) >= 11 is 1.16. The second-order valence-electron chi connectivity index (χ2n) is 5.65. The van der Waals surface area contributed by atoms with Gasteiger partial charge < -0.3 is 10.0 Å². The molecule has 2 atom stereocenters. The van der Waals surface area contributed by atoms with Crippen molar-refractivity contribution < 1.29 is 18.3 Å². The lowest BCUT2D eigenvalue weighted by Crippen LogP contribution is -2.39. The summed E-state index contributed by atoms with van der Waals surface area (Å²) < 4.78 is 27.7. The van der Waals surface area contributed by atoms with Crippen LogP contribution in [0.5, 0.6) is 0 Å². The second-order valence-corrected chi connectivity index (χ2v) is 8.51. The number of sulfone groups is 1. The summed E-state index contributed by atoms with van der Waals surface area (Å²) in [5.41, 5.74) is -0.196. The Morgan fingerprint density at radius 3 is 2.90 bits per heavy atom. The van der Waals surface area contributed by atoms with Crippen molar-refractivity contribution >= 4 is 32.3 Å². The maximum Gasteiger partial charge on any atom is 0.312 e. The van der Waals surface area contributed by atoms with Gasteiger partial charge in [-0.3, -0.25) is 4.79 Å². The lowest BCUT2D eigenvalue weighted by Gasteiger charge is -2.22. The number of aliphatic carboxylic acids is 1. The molecule has 3 rings (SSSR count). The van der Waals surface area contributed by atoms with Gasteiger partial charge in [-0.1, -0.05) is 0 Å². The summed E-state index contributed by atoms with van der Waals surface area (Å²) in [5, 5.41) is 19.4. The fourth-order valence-corrected chi connectivity index (χ4v) is 6.51. The van der Waals surface area contributed by atoms with Crippen LogP contribution in [0.1, 0.15) is 11.3 Å². The number of carboxylic acids is 1. The number of fused-ring (bicyclic) bond motifs is 1. The number of anilines is 1. The highest BCUT2D eigenvalue weighted by atomic mass is 32.2. The van der Waals surface area contributed by atoms with E-state index in [1.165, 1.54) is 0 Å². The Morgan fingerprint density at radius 2 is 2.33 bits per heavy atom. The minimum Gasteiger partial charge on any atom is -0.481 e. The van der Waals surface area contributed by atoms with Crippen molar-refractivity contribution in [3.63, 3.8) is 0 Å². The molecule has 2 aliphatic heterocycles. The first-order valence-electron chi connectivity index (χ1n) is 6.34. The van der Waals surface area contributed by atoms with Gasteiger partial charge in [0, 0.05) is 19.0 Å². The van der Waals surface area contributed by atoms with Crippen molar-refractivity contribution in [3.8, 4) is 6.07 Å². The zero-order valence-electron chi connectivity index (χ0n) is 11.2. The molecule has 3 heterocycles. The molecule has 21 heavy (non-hydrogen) atoms. The number of nitriles is 1. The molecular weight excluding hydrogens is 314 g/mol. The van der Waals surface area contributed by atoms with E-state index in [0.29, 0.717) is 22.8 Å². The number of carboxylic acid groups (broad SMARTS) is 1. The molecule has 1 aromatic rings. The molecule has 1 aromatic heterocycles. The fourth-order valence-electron chi connectivity index (χ4n) is 3.27. The number of hydrogen-bond acceptors (Lipinski definition) is 7. The summed E-state index contributed by atoms with van der Waals surface area (Å²) in [5.74, 6) is -1.93. The molecule has 112 valence electrons. The van der Waals surface area contributed by atoms with E-state index in [9.17, 15) is 23.6 Å². The van der Waals surface area contributed by atoms with Crippen molar-refractivity contribution in [2.45, 2.75) is 6.92 Å². The first-order valence-corrected chi connectivity index (χ1v) is 8.94. The van der Waals surface area contributed by atoms with Gasteiger partial charge in [-0.2, -0.15) is 9.64 Å². The van der Waals surface area contributed by atoms with Gasteiger partial charge in [0.25, 0.3) is 0 Å². The smallest absolute Gasteiger partial charge is 0.312 e. The molecule has 0 radical (unpaired) electrons. The maximum absolute atomic E-state index is 11.8. The zero-order chi connectivity index (χ0) is 15.4. The maximum atomic E-state index is 11.8. The van der Waals surface area contributed by atoms with Gasteiger partial charge >= 0.3 is 5.97 Å². The van der Waals surface area contributed by atoms with Crippen LogP contribution in [0.2, 0.25) is 0 Å². The fraction of sp³-hybridized carbons (Fsp3) is 0.583. The molecule has 0 bridgehead atoms. The first-order chi connectivity index (χ1) is 9.79.